The van der Waals surface area contributed by atoms with Crippen LogP contribution in [0.2, 0.25) is 0 Å². The molecule has 0 unspecified atom stereocenters. The van der Waals surface area contributed by atoms with Gasteiger partial charge < -0.3 is 24.5 Å². The molecular formula is C22H20N6O5S. The van der Waals surface area contributed by atoms with Gasteiger partial charge in [-0.3, -0.25) is 9.59 Å². The number of anilines is 2. The Labute approximate surface area is 198 Å². The van der Waals surface area contributed by atoms with Crippen LogP contribution in [0.15, 0.2) is 70.4 Å². The van der Waals surface area contributed by atoms with E-state index in [0.29, 0.717) is 33.7 Å². The van der Waals surface area contributed by atoms with Crippen molar-refractivity contribution in [3.05, 3.63) is 66.6 Å². The largest absolute Gasteiger partial charge is 0.497 e. The monoisotopic (exact) mass is 480 g/mol. The van der Waals surface area contributed by atoms with Crippen LogP contribution in [0.4, 0.5) is 11.4 Å². The average Bonchev–Trinajstić information content (AvgIpc) is 3.55. The van der Waals surface area contributed by atoms with Crippen molar-refractivity contribution in [2.75, 3.05) is 30.6 Å². The van der Waals surface area contributed by atoms with Gasteiger partial charge in [0.25, 0.3) is 5.91 Å². The molecule has 34 heavy (non-hydrogen) atoms. The Morgan fingerprint density at radius 3 is 2.59 bits per heavy atom. The third kappa shape index (κ3) is 5.35. The minimum Gasteiger partial charge on any atom is -0.497 e. The summed E-state index contributed by atoms with van der Waals surface area (Å²) in [6, 6.07) is 15.2. The lowest BCUT2D eigenvalue weighted by atomic mass is 10.2. The molecule has 0 spiro atoms. The molecule has 0 atom stereocenters. The number of carbonyl (C=O) groups is 2. The van der Waals surface area contributed by atoms with Gasteiger partial charge in [-0.2, -0.15) is 4.68 Å². The van der Waals surface area contributed by atoms with E-state index in [0.717, 1.165) is 11.8 Å². The summed E-state index contributed by atoms with van der Waals surface area (Å²) in [7, 11) is 3.10. The van der Waals surface area contributed by atoms with Crippen LogP contribution in [-0.4, -0.2) is 52.0 Å². The molecule has 12 heteroatoms. The van der Waals surface area contributed by atoms with Gasteiger partial charge in [-0.15, -0.1) is 5.10 Å². The predicted molar refractivity (Wildman–Crippen MR) is 125 cm³/mol. The van der Waals surface area contributed by atoms with Crippen LogP contribution in [0, 0.1) is 0 Å². The lowest BCUT2D eigenvalue weighted by molar-refractivity contribution is -0.113. The van der Waals surface area contributed by atoms with Gasteiger partial charge >= 0.3 is 0 Å². The molecule has 0 fully saturated rings. The first-order valence-corrected chi connectivity index (χ1v) is 10.9. The average molecular weight is 481 g/mol. The van der Waals surface area contributed by atoms with Gasteiger partial charge in [-0.1, -0.05) is 17.8 Å². The lowest BCUT2D eigenvalue weighted by Crippen LogP contribution is -2.15. The normalized spacial score (nSPS) is 10.5. The number of furan rings is 1. The number of carbonyl (C=O) groups excluding carboxylic acids is 2. The van der Waals surface area contributed by atoms with Gasteiger partial charge in [0.1, 0.15) is 17.2 Å². The van der Waals surface area contributed by atoms with Crippen LogP contribution in [0.5, 0.6) is 11.5 Å². The van der Waals surface area contributed by atoms with Crippen LogP contribution in [0.25, 0.3) is 5.69 Å². The highest BCUT2D eigenvalue weighted by Crippen LogP contribution is 2.29. The Hall–Kier alpha value is -4.32. The quantitative estimate of drug-likeness (QED) is 0.346. The molecule has 0 saturated heterocycles. The fourth-order valence-corrected chi connectivity index (χ4v) is 3.67. The van der Waals surface area contributed by atoms with Gasteiger partial charge in [0.05, 0.1) is 26.2 Å². The van der Waals surface area contributed by atoms with Crippen LogP contribution in [-0.2, 0) is 4.79 Å². The zero-order valence-electron chi connectivity index (χ0n) is 18.2. The second-order valence-electron chi connectivity index (χ2n) is 6.76. The summed E-state index contributed by atoms with van der Waals surface area (Å²) < 4.78 is 17.2. The number of nitrogens with one attached hydrogen (secondary N) is 2. The van der Waals surface area contributed by atoms with E-state index >= 15 is 0 Å². The maximum atomic E-state index is 12.5. The maximum Gasteiger partial charge on any atom is 0.291 e. The number of aromatic nitrogens is 4. The summed E-state index contributed by atoms with van der Waals surface area (Å²) in [4.78, 5) is 24.7. The Morgan fingerprint density at radius 2 is 1.85 bits per heavy atom. The maximum absolute atomic E-state index is 12.5. The van der Waals surface area contributed by atoms with Gasteiger partial charge in [0.15, 0.2) is 5.76 Å². The third-order valence-corrected chi connectivity index (χ3v) is 5.46. The summed E-state index contributed by atoms with van der Waals surface area (Å²) in [5, 5.41) is 17.7. The molecular weight excluding hydrogens is 460 g/mol. The van der Waals surface area contributed by atoms with Crippen molar-refractivity contribution in [1.82, 2.24) is 20.2 Å². The molecule has 174 valence electrons. The SMILES string of the molecule is COc1ccc(-n2nnnc2SCC(=O)Nc2cccc(NC(=O)c3ccco3)c2)c(OC)c1. The second kappa shape index (κ2) is 10.5. The van der Waals surface area contributed by atoms with E-state index in [1.807, 2.05) is 0 Å². The molecule has 11 nitrogen and oxygen atoms in total. The van der Waals surface area contributed by atoms with E-state index in [4.69, 9.17) is 13.9 Å². The van der Waals surface area contributed by atoms with Crippen LogP contribution < -0.4 is 20.1 Å². The molecule has 2 N–H and O–H groups in total. The molecule has 0 bridgehead atoms. The topological polar surface area (TPSA) is 133 Å². The number of amides is 2. The number of thioether (sulfide) groups is 1. The molecule has 2 aromatic heterocycles. The number of benzene rings is 2. The van der Waals surface area contributed by atoms with E-state index < -0.39 is 0 Å². The number of rotatable bonds is 9. The van der Waals surface area contributed by atoms with Crippen molar-refractivity contribution in [1.29, 1.82) is 0 Å². The van der Waals surface area contributed by atoms with Crippen molar-refractivity contribution in [2.45, 2.75) is 5.16 Å². The van der Waals surface area contributed by atoms with Crippen molar-refractivity contribution < 1.29 is 23.5 Å². The molecule has 0 saturated carbocycles. The summed E-state index contributed by atoms with van der Waals surface area (Å²) in [6.07, 6.45) is 1.42. The number of nitrogens with zero attached hydrogens (tertiary/aromatic N) is 4. The number of methoxy groups -OCH3 is 2. The fraction of sp³-hybridized carbons (Fsp3) is 0.136. The highest BCUT2D eigenvalue weighted by atomic mass is 32.2. The lowest BCUT2D eigenvalue weighted by Gasteiger charge is -2.11. The highest BCUT2D eigenvalue weighted by molar-refractivity contribution is 7.99. The first-order chi connectivity index (χ1) is 16.6. The highest BCUT2D eigenvalue weighted by Gasteiger charge is 2.16. The third-order valence-electron chi connectivity index (χ3n) is 4.54. The molecule has 0 radical (unpaired) electrons. The van der Waals surface area contributed by atoms with Crippen LogP contribution >= 0.6 is 11.8 Å². The van der Waals surface area contributed by atoms with Crippen LogP contribution in [0.1, 0.15) is 10.6 Å². The predicted octanol–water partition coefficient (Wildman–Crippen LogP) is 3.26. The van der Waals surface area contributed by atoms with Crippen molar-refractivity contribution >= 4 is 35.0 Å². The van der Waals surface area contributed by atoms with Gasteiger partial charge in [-0.05, 0) is 52.9 Å². The van der Waals surface area contributed by atoms with Crippen molar-refractivity contribution in [3.8, 4) is 17.2 Å². The zero-order chi connectivity index (χ0) is 23.9. The summed E-state index contributed by atoms with van der Waals surface area (Å²) in [6.45, 7) is 0. The summed E-state index contributed by atoms with van der Waals surface area (Å²) >= 11 is 1.16. The number of hydrogen-bond donors (Lipinski definition) is 2. The molecule has 0 aliphatic carbocycles. The van der Waals surface area contributed by atoms with E-state index in [-0.39, 0.29) is 23.3 Å². The second-order valence-corrected chi connectivity index (χ2v) is 7.70. The minimum absolute atomic E-state index is 0.0574. The molecule has 0 aliphatic heterocycles. The van der Waals surface area contributed by atoms with Gasteiger partial charge in [0, 0.05) is 17.4 Å². The Kier molecular flexibility index (Phi) is 7.08. The Bertz CT molecular complexity index is 1290. The number of ether oxygens (including phenoxy) is 2. The first-order valence-electron chi connectivity index (χ1n) is 9.95. The Morgan fingerprint density at radius 1 is 1.03 bits per heavy atom. The molecule has 2 aromatic carbocycles. The summed E-state index contributed by atoms with van der Waals surface area (Å²) in [5.41, 5.74) is 1.65. The van der Waals surface area contributed by atoms with Crippen molar-refractivity contribution in [2.24, 2.45) is 0 Å². The van der Waals surface area contributed by atoms with E-state index in [1.54, 1.807) is 61.7 Å². The van der Waals surface area contributed by atoms with Crippen LogP contribution in [0.3, 0.4) is 0 Å². The molecule has 4 rings (SSSR count). The minimum atomic E-state index is -0.384. The zero-order valence-corrected chi connectivity index (χ0v) is 19.0. The smallest absolute Gasteiger partial charge is 0.291 e. The Balaban J connectivity index is 1.39. The molecule has 4 aromatic rings. The van der Waals surface area contributed by atoms with E-state index in [2.05, 4.69) is 26.2 Å². The van der Waals surface area contributed by atoms with E-state index in [1.165, 1.54) is 18.1 Å². The summed E-state index contributed by atoms with van der Waals surface area (Å²) in [5.74, 6) is 0.746. The van der Waals surface area contributed by atoms with Gasteiger partial charge in [0.2, 0.25) is 11.1 Å². The number of tetrazole rings is 1. The first kappa shape index (κ1) is 22.9. The molecule has 2 heterocycles. The molecule has 2 amide bonds. The molecule has 0 aliphatic rings. The number of hydrogen-bond acceptors (Lipinski definition) is 9. The fourth-order valence-electron chi connectivity index (χ4n) is 2.98. The van der Waals surface area contributed by atoms with Gasteiger partial charge in [-0.25, -0.2) is 0 Å². The van der Waals surface area contributed by atoms with Crippen molar-refractivity contribution in [3.63, 3.8) is 0 Å². The standard InChI is InChI=1S/C22H20N6O5S/c1-31-16-8-9-17(19(12-16)32-2)28-22(25-26-27-28)34-13-20(29)23-14-5-3-6-15(11-14)24-21(30)18-7-4-10-33-18/h3-12H,13H2,1-2H3,(H,23,29)(H,24,30). The van der Waals surface area contributed by atoms with E-state index in [9.17, 15) is 9.59 Å².